The Hall–Kier alpha value is -0.200. The van der Waals surface area contributed by atoms with Gasteiger partial charge in [-0.05, 0) is 51.8 Å². The average Bonchev–Trinajstić information content (AvgIpc) is 2.20. The van der Waals surface area contributed by atoms with E-state index in [-0.39, 0.29) is 0 Å². The van der Waals surface area contributed by atoms with Gasteiger partial charge in [0.15, 0.2) is 0 Å². The molecule has 0 saturated carbocycles. The summed E-state index contributed by atoms with van der Waals surface area (Å²) in [6.07, 6.45) is 6.30. The van der Waals surface area contributed by atoms with Crippen molar-refractivity contribution < 1.29 is 0 Å². The molecule has 0 aromatic rings. The highest BCUT2D eigenvalue weighted by Gasteiger charge is 2.07. The van der Waals surface area contributed by atoms with Gasteiger partial charge in [0.05, 0.1) is 6.07 Å². The summed E-state index contributed by atoms with van der Waals surface area (Å²) in [6, 6.07) is 2.85. The Bertz CT molecular complexity index is 165. The molecule has 0 aliphatic rings. The third-order valence-electron chi connectivity index (χ3n) is 2.54. The molecule has 1 atom stereocenters. The van der Waals surface area contributed by atoms with Crippen molar-refractivity contribution in [1.82, 2.24) is 4.90 Å². The van der Waals surface area contributed by atoms with E-state index in [4.69, 9.17) is 5.26 Å². The second-order valence-electron chi connectivity index (χ2n) is 3.73. The van der Waals surface area contributed by atoms with Crippen molar-refractivity contribution >= 4 is 11.8 Å². The molecule has 0 rings (SSSR count). The summed E-state index contributed by atoms with van der Waals surface area (Å²) in [6.45, 7) is 3.40. The van der Waals surface area contributed by atoms with E-state index < -0.39 is 0 Å². The Morgan fingerprint density at radius 1 is 1.43 bits per heavy atom. The Kier molecular flexibility index (Phi) is 9.23. The fourth-order valence-corrected chi connectivity index (χ4v) is 1.87. The predicted molar refractivity (Wildman–Crippen MR) is 64.6 cm³/mol. The van der Waals surface area contributed by atoms with Crippen molar-refractivity contribution in [2.45, 2.75) is 38.6 Å². The molecular formula is C11H22N2S. The fourth-order valence-electron chi connectivity index (χ4n) is 1.29. The summed E-state index contributed by atoms with van der Waals surface area (Å²) in [5, 5.41) is 8.39. The van der Waals surface area contributed by atoms with E-state index in [0.29, 0.717) is 12.5 Å². The molecule has 14 heavy (non-hydrogen) atoms. The third kappa shape index (κ3) is 7.23. The van der Waals surface area contributed by atoms with Crippen LogP contribution in [0.5, 0.6) is 0 Å². The summed E-state index contributed by atoms with van der Waals surface area (Å²) in [5.74, 6) is 1.24. The molecule has 0 amide bonds. The zero-order valence-electron chi connectivity index (χ0n) is 9.62. The van der Waals surface area contributed by atoms with Crippen molar-refractivity contribution in [3.63, 3.8) is 0 Å². The van der Waals surface area contributed by atoms with E-state index in [2.05, 4.69) is 31.2 Å². The van der Waals surface area contributed by atoms with Crippen LogP contribution in [0.3, 0.4) is 0 Å². The molecule has 0 heterocycles. The van der Waals surface area contributed by atoms with E-state index in [9.17, 15) is 0 Å². The standard InChI is InChI=1S/C11H22N2S/c1-11(7-10-14-3)13(2)9-6-4-5-8-12/h11H,4-7,9-10H2,1-3H3. The maximum Gasteiger partial charge on any atom is 0.0621 e. The first-order chi connectivity index (χ1) is 6.72. The van der Waals surface area contributed by atoms with Gasteiger partial charge in [0, 0.05) is 12.5 Å². The van der Waals surface area contributed by atoms with Gasteiger partial charge in [-0.1, -0.05) is 0 Å². The van der Waals surface area contributed by atoms with Gasteiger partial charge in [0.25, 0.3) is 0 Å². The molecule has 0 saturated heterocycles. The van der Waals surface area contributed by atoms with Gasteiger partial charge in [0.2, 0.25) is 0 Å². The van der Waals surface area contributed by atoms with Crippen molar-refractivity contribution in [2.75, 3.05) is 25.6 Å². The van der Waals surface area contributed by atoms with Crippen molar-refractivity contribution in [2.24, 2.45) is 0 Å². The molecule has 3 heteroatoms. The molecule has 0 radical (unpaired) electrons. The highest BCUT2D eigenvalue weighted by Crippen LogP contribution is 2.07. The first-order valence-electron chi connectivity index (χ1n) is 5.28. The predicted octanol–water partition coefficient (Wildman–Crippen LogP) is 2.75. The van der Waals surface area contributed by atoms with Gasteiger partial charge >= 0.3 is 0 Å². The number of nitrogens with zero attached hydrogens (tertiary/aromatic N) is 2. The minimum absolute atomic E-state index is 0.671. The van der Waals surface area contributed by atoms with Crippen LogP contribution in [0.1, 0.15) is 32.6 Å². The lowest BCUT2D eigenvalue weighted by atomic mass is 10.2. The lowest BCUT2D eigenvalue weighted by Crippen LogP contribution is -2.30. The summed E-state index contributed by atoms with van der Waals surface area (Å²) < 4.78 is 0. The molecule has 0 N–H and O–H groups in total. The van der Waals surface area contributed by atoms with Crippen molar-refractivity contribution in [1.29, 1.82) is 5.26 Å². The number of rotatable bonds is 8. The van der Waals surface area contributed by atoms with Crippen molar-refractivity contribution in [3.05, 3.63) is 0 Å². The van der Waals surface area contributed by atoms with Gasteiger partial charge < -0.3 is 4.90 Å². The molecule has 2 nitrogen and oxygen atoms in total. The minimum Gasteiger partial charge on any atom is -0.304 e. The van der Waals surface area contributed by atoms with Crippen LogP contribution in [0.2, 0.25) is 0 Å². The normalized spacial score (nSPS) is 12.8. The highest BCUT2D eigenvalue weighted by atomic mass is 32.2. The maximum absolute atomic E-state index is 8.39. The summed E-state index contributed by atoms with van der Waals surface area (Å²) >= 11 is 1.91. The molecule has 0 aliphatic heterocycles. The zero-order valence-corrected chi connectivity index (χ0v) is 10.4. The van der Waals surface area contributed by atoms with Gasteiger partial charge in [-0.3, -0.25) is 0 Å². The summed E-state index contributed by atoms with van der Waals surface area (Å²) in [7, 11) is 2.18. The Labute approximate surface area is 92.7 Å². The first kappa shape index (κ1) is 13.8. The number of nitriles is 1. The van der Waals surface area contributed by atoms with Crippen LogP contribution in [0.25, 0.3) is 0 Å². The van der Waals surface area contributed by atoms with Crippen LogP contribution in [0.15, 0.2) is 0 Å². The van der Waals surface area contributed by atoms with Crippen LogP contribution in [0, 0.1) is 11.3 Å². The second kappa shape index (κ2) is 9.36. The van der Waals surface area contributed by atoms with E-state index in [1.807, 2.05) is 11.8 Å². The van der Waals surface area contributed by atoms with Crippen LogP contribution < -0.4 is 0 Å². The Morgan fingerprint density at radius 3 is 2.71 bits per heavy atom. The zero-order chi connectivity index (χ0) is 10.8. The maximum atomic E-state index is 8.39. The van der Waals surface area contributed by atoms with E-state index in [1.165, 1.54) is 12.2 Å². The quantitative estimate of drug-likeness (QED) is 0.581. The van der Waals surface area contributed by atoms with Crippen molar-refractivity contribution in [3.8, 4) is 6.07 Å². The number of thioether (sulfide) groups is 1. The Balaban J connectivity index is 3.42. The topological polar surface area (TPSA) is 27.0 Å². The minimum atomic E-state index is 0.671. The largest absolute Gasteiger partial charge is 0.304 e. The molecule has 0 spiro atoms. The number of hydrogen-bond acceptors (Lipinski definition) is 3. The monoisotopic (exact) mass is 214 g/mol. The van der Waals surface area contributed by atoms with E-state index in [1.54, 1.807) is 0 Å². The van der Waals surface area contributed by atoms with Gasteiger partial charge in [-0.2, -0.15) is 17.0 Å². The average molecular weight is 214 g/mol. The second-order valence-corrected chi connectivity index (χ2v) is 4.71. The highest BCUT2D eigenvalue weighted by molar-refractivity contribution is 7.98. The van der Waals surface area contributed by atoms with E-state index in [0.717, 1.165) is 19.4 Å². The summed E-state index contributed by atoms with van der Waals surface area (Å²) in [5.41, 5.74) is 0. The lowest BCUT2D eigenvalue weighted by Gasteiger charge is -2.24. The Morgan fingerprint density at radius 2 is 2.14 bits per heavy atom. The van der Waals surface area contributed by atoms with Gasteiger partial charge in [-0.25, -0.2) is 0 Å². The smallest absolute Gasteiger partial charge is 0.0621 e. The van der Waals surface area contributed by atoms with Gasteiger partial charge in [0.1, 0.15) is 0 Å². The van der Waals surface area contributed by atoms with E-state index >= 15 is 0 Å². The molecule has 0 aromatic heterocycles. The van der Waals surface area contributed by atoms with Crippen LogP contribution in [0.4, 0.5) is 0 Å². The molecule has 82 valence electrons. The van der Waals surface area contributed by atoms with Crippen LogP contribution >= 0.6 is 11.8 Å². The van der Waals surface area contributed by atoms with Gasteiger partial charge in [-0.15, -0.1) is 0 Å². The molecule has 0 aliphatic carbocycles. The molecule has 0 fully saturated rings. The lowest BCUT2D eigenvalue weighted by molar-refractivity contribution is 0.249. The molecule has 0 aromatic carbocycles. The summed E-state index contributed by atoms with van der Waals surface area (Å²) in [4.78, 5) is 2.40. The number of hydrogen-bond donors (Lipinski definition) is 0. The molecular weight excluding hydrogens is 192 g/mol. The number of unbranched alkanes of at least 4 members (excludes halogenated alkanes) is 2. The molecule has 1 unspecified atom stereocenters. The van der Waals surface area contributed by atoms with Crippen LogP contribution in [-0.2, 0) is 0 Å². The van der Waals surface area contributed by atoms with Crippen LogP contribution in [-0.4, -0.2) is 36.5 Å². The first-order valence-corrected chi connectivity index (χ1v) is 6.68. The molecule has 0 bridgehead atoms. The third-order valence-corrected chi connectivity index (χ3v) is 3.19. The SMILES string of the molecule is CSCCC(C)N(C)CCCCC#N. The fraction of sp³-hybridized carbons (Fsp3) is 0.909.